The first-order valence-electron chi connectivity index (χ1n) is 4.81. The van der Waals surface area contributed by atoms with E-state index in [1.54, 1.807) is 6.07 Å². The Morgan fingerprint density at radius 2 is 1.87 bits per heavy atom. The van der Waals surface area contributed by atoms with Crippen LogP contribution >= 0.6 is 0 Å². The van der Waals surface area contributed by atoms with Crippen LogP contribution in [0.4, 0.5) is 13.2 Å². The summed E-state index contributed by atoms with van der Waals surface area (Å²) < 4.78 is 38.0. The van der Waals surface area contributed by atoms with Crippen molar-refractivity contribution in [2.45, 2.75) is 25.1 Å². The molecule has 1 aromatic carbocycles. The first-order valence-corrected chi connectivity index (χ1v) is 4.81. The maximum Gasteiger partial charge on any atom is 0.416 e. The predicted molar refractivity (Wildman–Crippen MR) is 51.1 cm³/mol. The fraction of sp³-hybridized carbons (Fsp3) is 0.455. The minimum atomic E-state index is -4.31. The Morgan fingerprint density at radius 3 is 2.33 bits per heavy atom. The molecule has 2 atom stereocenters. The lowest BCUT2D eigenvalue weighted by molar-refractivity contribution is -0.138. The number of nitrogens with two attached hydrogens (primary N) is 1. The van der Waals surface area contributed by atoms with E-state index in [1.165, 1.54) is 12.1 Å². The summed E-state index contributed by atoms with van der Waals surface area (Å²) in [4.78, 5) is 0. The Labute approximate surface area is 86.1 Å². The summed E-state index contributed by atoms with van der Waals surface area (Å²) in [6.07, 6.45) is -3.69. The molecule has 0 spiro atoms. The largest absolute Gasteiger partial charge is 0.416 e. The van der Waals surface area contributed by atoms with Crippen LogP contribution in [-0.4, -0.2) is 0 Å². The monoisotopic (exact) mass is 215 g/mol. The lowest BCUT2D eigenvalue weighted by atomic mass is 9.97. The standard InChI is InChI=1S/C11H12F3N/c1-7-6-10(7,15)8-4-2-3-5-9(8)11(12,13)14/h2-5,7H,6,15H2,1H3. The molecule has 0 heterocycles. The van der Waals surface area contributed by atoms with Crippen molar-refractivity contribution in [1.29, 1.82) is 0 Å². The molecule has 1 saturated carbocycles. The predicted octanol–water partition coefficient (Wildman–Crippen LogP) is 2.90. The van der Waals surface area contributed by atoms with Gasteiger partial charge in [-0.15, -0.1) is 0 Å². The number of benzene rings is 1. The maximum atomic E-state index is 12.7. The van der Waals surface area contributed by atoms with Crippen molar-refractivity contribution in [3.63, 3.8) is 0 Å². The number of hydrogen-bond donors (Lipinski definition) is 1. The van der Waals surface area contributed by atoms with E-state index in [2.05, 4.69) is 0 Å². The molecule has 4 heteroatoms. The molecule has 1 aliphatic carbocycles. The van der Waals surface area contributed by atoms with Gasteiger partial charge in [-0.05, 0) is 24.0 Å². The molecule has 1 aliphatic rings. The minimum Gasteiger partial charge on any atom is -0.321 e. The molecule has 0 amide bonds. The fourth-order valence-electron chi connectivity index (χ4n) is 1.96. The lowest BCUT2D eigenvalue weighted by Gasteiger charge is -2.18. The third kappa shape index (κ3) is 1.63. The van der Waals surface area contributed by atoms with Gasteiger partial charge in [-0.3, -0.25) is 0 Å². The Bertz CT molecular complexity index is 386. The summed E-state index contributed by atoms with van der Waals surface area (Å²) in [5, 5.41) is 0. The number of halogens is 3. The SMILES string of the molecule is CC1CC1(N)c1ccccc1C(F)(F)F. The summed E-state index contributed by atoms with van der Waals surface area (Å²) in [6, 6.07) is 5.56. The van der Waals surface area contributed by atoms with Crippen LogP contribution in [-0.2, 0) is 11.7 Å². The van der Waals surface area contributed by atoms with Crippen molar-refractivity contribution in [3.05, 3.63) is 35.4 Å². The van der Waals surface area contributed by atoms with E-state index in [0.29, 0.717) is 6.42 Å². The van der Waals surface area contributed by atoms with Crippen molar-refractivity contribution in [1.82, 2.24) is 0 Å². The first kappa shape index (κ1) is 10.5. The van der Waals surface area contributed by atoms with Gasteiger partial charge in [-0.25, -0.2) is 0 Å². The van der Waals surface area contributed by atoms with Gasteiger partial charge in [0.2, 0.25) is 0 Å². The zero-order valence-corrected chi connectivity index (χ0v) is 8.31. The van der Waals surface area contributed by atoms with E-state index < -0.39 is 17.3 Å². The van der Waals surface area contributed by atoms with Crippen LogP contribution in [0.3, 0.4) is 0 Å². The van der Waals surface area contributed by atoms with Gasteiger partial charge in [0.15, 0.2) is 0 Å². The Hall–Kier alpha value is -1.03. The third-order valence-electron chi connectivity index (χ3n) is 3.10. The number of hydrogen-bond acceptors (Lipinski definition) is 1. The van der Waals surface area contributed by atoms with Crippen molar-refractivity contribution in [2.24, 2.45) is 11.7 Å². The molecule has 2 N–H and O–H groups in total. The van der Waals surface area contributed by atoms with Crippen LogP contribution in [0.5, 0.6) is 0 Å². The van der Waals surface area contributed by atoms with Crippen molar-refractivity contribution in [3.8, 4) is 0 Å². The van der Waals surface area contributed by atoms with Crippen LogP contribution in [0.25, 0.3) is 0 Å². The molecular formula is C11H12F3N. The lowest BCUT2D eigenvalue weighted by Crippen LogP contribution is -2.25. The van der Waals surface area contributed by atoms with Crippen LogP contribution in [0.2, 0.25) is 0 Å². The molecule has 0 saturated heterocycles. The topological polar surface area (TPSA) is 26.0 Å². The highest BCUT2D eigenvalue weighted by atomic mass is 19.4. The minimum absolute atomic E-state index is 0.126. The van der Waals surface area contributed by atoms with E-state index in [1.807, 2.05) is 6.92 Å². The summed E-state index contributed by atoms with van der Waals surface area (Å²) in [5.41, 5.74) is 4.76. The van der Waals surface area contributed by atoms with Crippen molar-refractivity contribution >= 4 is 0 Å². The fourth-order valence-corrected chi connectivity index (χ4v) is 1.96. The molecule has 1 nitrogen and oxygen atoms in total. The van der Waals surface area contributed by atoms with Crippen LogP contribution in [0.1, 0.15) is 24.5 Å². The smallest absolute Gasteiger partial charge is 0.321 e. The zero-order chi connectivity index (χ0) is 11.3. The molecule has 0 aliphatic heterocycles. The van der Waals surface area contributed by atoms with Crippen molar-refractivity contribution < 1.29 is 13.2 Å². The van der Waals surface area contributed by atoms with Gasteiger partial charge in [0, 0.05) is 5.54 Å². The van der Waals surface area contributed by atoms with Crippen LogP contribution < -0.4 is 5.73 Å². The van der Waals surface area contributed by atoms with Gasteiger partial charge in [0.05, 0.1) is 5.56 Å². The number of alkyl halides is 3. The van der Waals surface area contributed by atoms with Gasteiger partial charge < -0.3 is 5.73 Å². The van der Waals surface area contributed by atoms with Crippen LogP contribution in [0.15, 0.2) is 24.3 Å². The number of rotatable bonds is 1. The van der Waals surface area contributed by atoms with Gasteiger partial charge in [-0.1, -0.05) is 25.1 Å². The van der Waals surface area contributed by atoms with Crippen LogP contribution in [0, 0.1) is 5.92 Å². The maximum absolute atomic E-state index is 12.7. The molecule has 2 rings (SSSR count). The van der Waals surface area contributed by atoms with E-state index in [4.69, 9.17) is 5.73 Å². The molecule has 2 unspecified atom stereocenters. The van der Waals surface area contributed by atoms with Gasteiger partial charge in [0.1, 0.15) is 0 Å². The highest BCUT2D eigenvalue weighted by Gasteiger charge is 2.52. The normalized spacial score (nSPS) is 30.3. The summed E-state index contributed by atoms with van der Waals surface area (Å²) in [5.74, 6) is 0.126. The molecule has 1 fully saturated rings. The summed E-state index contributed by atoms with van der Waals surface area (Å²) in [6.45, 7) is 1.87. The van der Waals surface area contributed by atoms with Gasteiger partial charge in [0.25, 0.3) is 0 Å². The van der Waals surface area contributed by atoms with Crippen molar-refractivity contribution in [2.75, 3.05) is 0 Å². The Balaban J connectivity index is 2.49. The summed E-state index contributed by atoms with van der Waals surface area (Å²) >= 11 is 0. The average Bonchev–Trinajstić information content (AvgIpc) is 2.75. The zero-order valence-electron chi connectivity index (χ0n) is 8.31. The summed E-state index contributed by atoms with van der Waals surface area (Å²) in [7, 11) is 0. The Morgan fingerprint density at radius 1 is 1.33 bits per heavy atom. The molecule has 15 heavy (non-hydrogen) atoms. The van der Waals surface area contributed by atoms with Gasteiger partial charge in [-0.2, -0.15) is 13.2 Å². The third-order valence-corrected chi connectivity index (χ3v) is 3.10. The molecule has 1 aromatic rings. The van der Waals surface area contributed by atoms with E-state index in [9.17, 15) is 13.2 Å². The molecule has 0 radical (unpaired) electrons. The highest BCUT2D eigenvalue weighted by Crippen LogP contribution is 2.52. The second-order valence-electron chi connectivity index (χ2n) is 4.19. The molecule has 82 valence electrons. The second kappa shape index (κ2) is 2.98. The quantitative estimate of drug-likeness (QED) is 0.765. The van der Waals surface area contributed by atoms with E-state index in [0.717, 1.165) is 6.07 Å². The van der Waals surface area contributed by atoms with Gasteiger partial charge >= 0.3 is 6.18 Å². The van der Waals surface area contributed by atoms with E-state index >= 15 is 0 Å². The van der Waals surface area contributed by atoms with E-state index in [-0.39, 0.29) is 11.5 Å². The Kier molecular flexibility index (Phi) is 2.08. The molecule has 0 bridgehead atoms. The first-order chi connectivity index (χ1) is 6.86. The molecular weight excluding hydrogens is 203 g/mol. The molecule has 0 aromatic heterocycles. The average molecular weight is 215 g/mol. The highest BCUT2D eigenvalue weighted by molar-refractivity contribution is 5.40. The second-order valence-corrected chi connectivity index (χ2v) is 4.19.